The van der Waals surface area contributed by atoms with Crippen LogP contribution in [0.1, 0.15) is 64.8 Å². The van der Waals surface area contributed by atoms with Gasteiger partial charge in [0.25, 0.3) is 11.8 Å². The number of carbonyl (C=O) groups excluding carboxylic acids is 2. The summed E-state index contributed by atoms with van der Waals surface area (Å²) in [4.78, 5) is 27.2. The van der Waals surface area contributed by atoms with Crippen LogP contribution in [0.25, 0.3) is 0 Å². The van der Waals surface area contributed by atoms with Gasteiger partial charge in [0.05, 0.1) is 16.8 Å². The third-order valence-electron chi connectivity index (χ3n) is 7.63. The summed E-state index contributed by atoms with van der Waals surface area (Å²) in [5.74, 6) is 1.96. The molecule has 28 heavy (non-hydrogen) atoms. The summed E-state index contributed by atoms with van der Waals surface area (Å²) in [5, 5.41) is 9.75. The van der Waals surface area contributed by atoms with Crippen LogP contribution in [-0.4, -0.2) is 16.9 Å². The zero-order valence-corrected chi connectivity index (χ0v) is 15.7. The number of carbonyl (C=O) groups is 2. The molecule has 4 aliphatic carbocycles. The van der Waals surface area contributed by atoms with Crippen LogP contribution in [0.5, 0.6) is 5.75 Å². The molecule has 2 aromatic carbocycles. The Morgan fingerprint density at radius 1 is 0.821 bits per heavy atom. The molecule has 0 spiro atoms. The number of amides is 2. The molecule has 5 aliphatic rings. The Kier molecular flexibility index (Phi) is 3.19. The molecule has 1 N–H and O–H groups in total. The molecule has 4 nitrogen and oxygen atoms in total. The quantitative estimate of drug-likeness (QED) is 0.779. The fourth-order valence-corrected chi connectivity index (χ4v) is 6.90. The average Bonchev–Trinajstić information content (AvgIpc) is 2.91. The normalized spacial score (nSPS) is 32.9. The van der Waals surface area contributed by atoms with Gasteiger partial charge in [0.1, 0.15) is 5.75 Å². The molecule has 0 saturated heterocycles. The van der Waals surface area contributed by atoms with Gasteiger partial charge in [-0.05, 0) is 91.5 Å². The van der Waals surface area contributed by atoms with Crippen LogP contribution in [0.2, 0.25) is 0 Å². The molecular weight excluding hydrogens is 350 g/mol. The molecule has 142 valence electrons. The van der Waals surface area contributed by atoms with E-state index in [-0.39, 0.29) is 23.0 Å². The monoisotopic (exact) mass is 373 g/mol. The molecule has 0 aromatic heterocycles. The van der Waals surface area contributed by atoms with Crippen molar-refractivity contribution >= 4 is 17.5 Å². The summed E-state index contributed by atoms with van der Waals surface area (Å²) in [6.45, 7) is 0. The highest BCUT2D eigenvalue weighted by molar-refractivity contribution is 6.34. The molecule has 4 heteroatoms. The second kappa shape index (κ2) is 5.47. The van der Waals surface area contributed by atoms with Crippen molar-refractivity contribution in [3.05, 3.63) is 59.2 Å². The van der Waals surface area contributed by atoms with Crippen LogP contribution in [0.15, 0.2) is 42.5 Å². The maximum atomic E-state index is 13.1. The number of phenolic OH excluding ortho intramolecular Hbond substituents is 1. The smallest absolute Gasteiger partial charge is 0.266 e. The zero-order chi connectivity index (χ0) is 19.0. The van der Waals surface area contributed by atoms with Crippen LogP contribution in [0.3, 0.4) is 0 Å². The van der Waals surface area contributed by atoms with E-state index in [1.54, 1.807) is 12.1 Å². The van der Waals surface area contributed by atoms with Crippen LogP contribution < -0.4 is 4.90 Å². The Bertz CT molecular complexity index is 989. The number of phenols is 1. The van der Waals surface area contributed by atoms with E-state index in [4.69, 9.17) is 0 Å². The largest absolute Gasteiger partial charge is 0.508 e. The fraction of sp³-hybridized carbons (Fsp3) is 0.417. The van der Waals surface area contributed by atoms with Gasteiger partial charge >= 0.3 is 0 Å². The number of hydrogen-bond donors (Lipinski definition) is 1. The summed E-state index contributed by atoms with van der Waals surface area (Å²) < 4.78 is 0. The number of nitrogens with zero attached hydrogens (tertiary/aromatic N) is 1. The molecule has 4 bridgehead atoms. The van der Waals surface area contributed by atoms with Crippen molar-refractivity contribution in [1.29, 1.82) is 0 Å². The van der Waals surface area contributed by atoms with Crippen molar-refractivity contribution in [2.75, 3.05) is 4.90 Å². The Morgan fingerprint density at radius 3 is 2.11 bits per heavy atom. The van der Waals surface area contributed by atoms with E-state index in [9.17, 15) is 14.7 Å². The van der Waals surface area contributed by atoms with Crippen molar-refractivity contribution < 1.29 is 14.7 Å². The molecule has 4 fully saturated rings. The molecule has 2 amide bonds. The molecule has 0 radical (unpaired) electrons. The number of aromatic hydroxyl groups is 1. The van der Waals surface area contributed by atoms with Crippen LogP contribution in [-0.2, 0) is 5.41 Å². The molecule has 0 unspecified atom stereocenters. The minimum Gasteiger partial charge on any atom is -0.508 e. The van der Waals surface area contributed by atoms with Crippen LogP contribution >= 0.6 is 0 Å². The van der Waals surface area contributed by atoms with Gasteiger partial charge in [-0.2, -0.15) is 0 Å². The first-order chi connectivity index (χ1) is 13.5. The van der Waals surface area contributed by atoms with E-state index in [1.165, 1.54) is 61.1 Å². The van der Waals surface area contributed by atoms with Crippen molar-refractivity contribution in [3.63, 3.8) is 0 Å². The van der Waals surface area contributed by atoms with Gasteiger partial charge in [-0.3, -0.25) is 9.59 Å². The lowest BCUT2D eigenvalue weighted by atomic mass is 9.48. The molecule has 1 aliphatic heterocycles. The Hall–Kier alpha value is -2.62. The SMILES string of the molecule is O=C1c2ccc(C34CC5CC(CC(C5)C3)C4)cc2C(=O)N1c1cccc(O)c1. The lowest BCUT2D eigenvalue weighted by Gasteiger charge is -2.57. The second-order valence-corrected chi connectivity index (χ2v) is 9.42. The predicted molar refractivity (Wildman–Crippen MR) is 106 cm³/mol. The maximum Gasteiger partial charge on any atom is 0.266 e. The summed E-state index contributed by atoms with van der Waals surface area (Å²) in [6, 6.07) is 12.3. The van der Waals surface area contributed by atoms with E-state index in [0.717, 1.165) is 17.8 Å². The van der Waals surface area contributed by atoms with Crippen LogP contribution in [0.4, 0.5) is 5.69 Å². The standard InChI is InChI=1S/C24H23NO3/c26-19-3-1-2-18(10-19)25-22(27)20-5-4-17(9-21(20)23(25)28)24-11-14-6-15(12-24)8-16(7-14)13-24/h1-5,9-10,14-16,26H,6-8,11-13H2. The number of hydrogen-bond acceptors (Lipinski definition) is 3. The number of rotatable bonds is 2. The lowest BCUT2D eigenvalue weighted by molar-refractivity contribution is -0.00520. The highest BCUT2D eigenvalue weighted by Crippen LogP contribution is 2.60. The molecular formula is C24H23NO3. The van der Waals surface area contributed by atoms with E-state index < -0.39 is 0 Å². The highest BCUT2D eigenvalue weighted by atomic mass is 16.3. The number of imide groups is 1. The first-order valence-corrected chi connectivity index (χ1v) is 10.3. The molecule has 7 rings (SSSR count). The third-order valence-corrected chi connectivity index (χ3v) is 7.63. The first kappa shape index (κ1) is 16.3. The van der Waals surface area contributed by atoms with Gasteiger partial charge in [0.15, 0.2) is 0 Å². The predicted octanol–water partition coefficient (Wildman–Crippen LogP) is 4.66. The van der Waals surface area contributed by atoms with E-state index >= 15 is 0 Å². The molecule has 0 atom stereocenters. The number of anilines is 1. The van der Waals surface area contributed by atoms with Crippen molar-refractivity contribution in [3.8, 4) is 5.75 Å². The first-order valence-electron chi connectivity index (χ1n) is 10.3. The number of benzene rings is 2. The van der Waals surface area contributed by atoms with E-state index in [0.29, 0.717) is 16.8 Å². The highest BCUT2D eigenvalue weighted by Gasteiger charge is 2.52. The Labute approximate surface area is 164 Å². The fourth-order valence-electron chi connectivity index (χ4n) is 6.90. The van der Waals surface area contributed by atoms with Gasteiger partial charge in [0, 0.05) is 6.07 Å². The molecule has 4 saturated carbocycles. The second-order valence-electron chi connectivity index (χ2n) is 9.42. The Balaban J connectivity index is 1.40. The zero-order valence-electron chi connectivity index (χ0n) is 15.7. The summed E-state index contributed by atoms with van der Waals surface area (Å²) >= 11 is 0. The lowest BCUT2D eigenvalue weighted by Crippen LogP contribution is -2.48. The van der Waals surface area contributed by atoms with Gasteiger partial charge in [-0.15, -0.1) is 0 Å². The molecule has 1 heterocycles. The minimum absolute atomic E-state index is 0.0447. The van der Waals surface area contributed by atoms with Crippen LogP contribution in [0, 0.1) is 17.8 Å². The summed E-state index contributed by atoms with van der Waals surface area (Å²) in [7, 11) is 0. The summed E-state index contributed by atoms with van der Waals surface area (Å²) in [6.07, 6.45) is 7.84. The van der Waals surface area contributed by atoms with Gasteiger partial charge in [-0.1, -0.05) is 12.1 Å². The van der Waals surface area contributed by atoms with Gasteiger partial charge < -0.3 is 5.11 Å². The summed E-state index contributed by atoms with van der Waals surface area (Å²) in [5.41, 5.74) is 2.86. The minimum atomic E-state index is -0.303. The maximum absolute atomic E-state index is 13.1. The Morgan fingerprint density at radius 2 is 1.46 bits per heavy atom. The van der Waals surface area contributed by atoms with E-state index in [1.807, 2.05) is 12.1 Å². The average molecular weight is 373 g/mol. The van der Waals surface area contributed by atoms with Crippen molar-refractivity contribution in [1.82, 2.24) is 0 Å². The molecule has 2 aromatic rings. The van der Waals surface area contributed by atoms with E-state index in [2.05, 4.69) is 6.07 Å². The van der Waals surface area contributed by atoms with Crippen molar-refractivity contribution in [2.24, 2.45) is 17.8 Å². The van der Waals surface area contributed by atoms with Gasteiger partial charge in [0.2, 0.25) is 0 Å². The van der Waals surface area contributed by atoms with Crippen molar-refractivity contribution in [2.45, 2.75) is 43.9 Å². The number of fused-ring (bicyclic) bond motifs is 1. The topological polar surface area (TPSA) is 57.6 Å². The third kappa shape index (κ3) is 2.17. The van der Waals surface area contributed by atoms with Gasteiger partial charge in [-0.25, -0.2) is 4.90 Å².